The standard InChI is InChI=1S/C17H13ClN2O4S/c1-3-8-24-16-12(18)9-11(10-14(16)23-2)17-19-13-6-4-5-7-15(13)25(21,22)20-17/h1,4-7,9-10H,8H2,2H3,(H,19,20). The first-order valence-corrected chi connectivity index (χ1v) is 8.93. The first-order valence-electron chi connectivity index (χ1n) is 7.11. The second kappa shape index (κ2) is 6.67. The third-order valence-corrected chi connectivity index (χ3v) is 5.05. The number of para-hydroxylation sites is 1. The molecule has 0 aliphatic carbocycles. The average Bonchev–Trinajstić information content (AvgIpc) is 2.59. The lowest BCUT2D eigenvalue weighted by atomic mass is 10.1. The quantitative estimate of drug-likeness (QED) is 0.830. The van der Waals surface area contributed by atoms with E-state index >= 15 is 0 Å². The molecule has 1 aliphatic rings. The van der Waals surface area contributed by atoms with Gasteiger partial charge in [0.25, 0.3) is 10.0 Å². The molecule has 0 radical (unpaired) electrons. The predicted octanol–water partition coefficient (Wildman–Crippen LogP) is 2.92. The highest BCUT2D eigenvalue weighted by atomic mass is 35.5. The van der Waals surface area contributed by atoms with Crippen LogP contribution in [0.2, 0.25) is 5.02 Å². The highest BCUT2D eigenvalue weighted by Gasteiger charge is 2.26. The molecule has 25 heavy (non-hydrogen) atoms. The van der Waals surface area contributed by atoms with Crippen molar-refractivity contribution in [2.75, 3.05) is 19.0 Å². The van der Waals surface area contributed by atoms with E-state index in [1.54, 1.807) is 24.3 Å². The average molecular weight is 377 g/mol. The molecule has 0 saturated carbocycles. The Labute approximate surface area is 150 Å². The van der Waals surface area contributed by atoms with Crippen molar-refractivity contribution in [2.24, 2.45) is 4.40 Å². The minimum atomic E-state index is -3.81. The van der Waals surface area contributed by atoms with Crippen molar-refractivity contribution in [1.82, 2.24) is 0 Å². The van der Waals surface area contributed by atoms with E-state index in [2.05, 4.69) is 15.6 Å². The molecule has 3 rings (SSSR count). The molecule has 2 aromatic rings. The molecule has 128 valence electrons. The van der Waals surface area contributed by atoms with Crippen LogP contribution in [0.25, 0.3) is 0 Å². The first-order chi connectivity index (χ1) is 12.0. The van der Waals surface area contributed by atoms with Crippen molar-refractivity contribution >= 4 is 33.1 Å². The Hall–Kier alpha value is -2.69. The molecule has 0 bridgehead atoms. The minimum absolute atomic E-state index is 0.0242. The molecular weight excluding hydrogens is 364 g/mol. The van der Waals surface area contributed by atoms with Gasteiger partial charge in [0.2, 0.25) is 0 Å². The van der Waals surface area contributed by atoms with Gasteiger partial charge in [-0.15, -0.1) is 10.8 Å². The number of sulfonamides is 1. The van der Waals surface area contributed by atoms with Crippen molar-refractivity contribution in [3.05, 3.63) is 47.0 Å². The van der Waals surface area contributed by atoms with E-state index in [0.29, 0.717) is 17.0 Å². The third-order valence-electron chi connectivity index (χ3n) is 3.43. The number of benzene rings is 2. The highest BCUT2D eigenvalue weighted by molar-refractivity contribution is 7.90. The van der Waals surface area contributed by atoms with E-state index < -0.39 is 10.0 Å². The van der Waals surface area contributed by atoms with E-state index in [4.69, 9.17) is 27.5 Å². The Bertz CT molecular complexity index is 1010. The van der Waals surface area contributed by atoms with Gasteiger partial charge in [0.15, 0.2) is 17.3 Å². The topological polar surface area (TPSA) is 77.0 Å². The summed E-state index contributed by atoms with van der Waals surface area (Å²) in [6.07, 6.45) is 5.19. The Kier molecular flexibility index (Phi) is 4.57. The van der Waals surface area contributed by atoms with Gasteiger partial charge in [0.1, 0.15) is 11.5 Å². The lowest BCUT2D eigenvalue weighted by Gasteiger charge is -2.19. The van der Waals surface area contributed by atoms with Gasteiger partial charge in [0.05, 0.1) is 17.8 Å². The van der Waals surface area contributed by atoms with Gasteiger partial charge in [-0.05, 0) is 24.3 Å². The number of methoxy groups -OCH3 is 1. The molecule has 1 heterocycles. The summed E-state index contributed by atoms with van der Waals surface area (Å²) in [4.78, 5) is 0.116. The Morgan fingerprint density at radius 2 is 2.08 bits per heavy atom. The monoisotopic (exact) mass is 376 g/mol. The number of terminal acetylenes is 1. The summed E-state index contributed by atoms with van der Waals surface area (Å²) >= 11 is 6.23. The number of hydrogen-bond donors (Lipinski definition) is 1. The number of fused-ring (bicyclic) bond motifs is 1. The van der Waals surface area contributed by atoms with E-state index in [0.717, 1.165) is 0 Å². The SMILES string of the molecule is C#CCOc1c(Cl)cc(C2=NS(=O)(=O)c3ccccc3N2)cc1OC. The molecule has 0 spiro atoms. The summed E-state index contributed by atoms with van der Waals surface area (Å²) < 4.78 is 39.2. The number of amidine groups is 1. The van der Waals surface area contributed by atoms with Gasteiger partial charge >= 0.3 is 0 Å². The maximum absolute atomic E-state index is 12.4. The third kappa shape index (κ3) is 3.27. The van der Waals surface area contributed by atoms with E-state index in [1.165, 1.54) is 19.2 Å². The van der Waals surface area contributed by atoms with Crippen LogP contribution in [0.5, 0.6) is 11.5 Å². The van der Waals surface area contributed by atoms with Gasteiger partial charge in [-0.25, -0.2) is 0 Å². The normalized spacial score (nSPS) is 14.5. The Morgan fingerprint density at radius 1 is 1.32 bits per heavy atom. The number of halogens is 1. The summed E-state index contributed by atoms with van der Waals surface area (Å²) in [6, 6.07) is 9.62. The lowest BCUT2D eigenvalue weighted by Crippen LogP contribution is -2.22. The molecule has 0 amide bonds. The van der Waals surface area contributed by atoms with Crippen molar-refractivity contribution in [3.63, 3.8) is 0 Å². The van der Waals surface area contributed by atoms with Gasteiger partial charge in [-0.3, -0.25) is 0 Å². The first kappa shape index (κ1) is 17.1. The molecule has 0 saturated heterocycles. The zero-order chi connectivity index (χ0) is 18.0. The van der Waals surface area contributed by atoms with Crippen LogP contribution < -0.4 is 14.8 Å². The fourth-order valence-corrected chi connectivity index (χ4v) is 3.75. The summed E-state index contributed by atoms with van der Waals surface area (Å²) in [5.74, 6) is 3.08. The largest absolute Gasteiger partial charge is 0.493 e. The number of nitrogens with one attached hydrogen (secondary N) is 1. The van der Waals surface area contributed by atoms with Crippen LogP contribution in [-0.2, 0) is 10.0 Å². The van der Waals surface area contributed by atoms with Gasteiger partial charge in [-0.2, -0.15) is 8.42 Å². The number of hydrogen-bond acceptors (Lipinski definition) is 5. The van der Waals surface area contributed by atoms with Gasteiger partial charge in [0, 0.05) is 5.56 Å². The second-order valence-electron chi connectivity index (χ2n) is 5.02. The van der Waals surface area contributed by atoms with Crippen LogP contribution >= 0.6 is 11.6 Å². The van der Waals surface area contributed by atoms with Crippen LogP contribution in [-0.4, -0.2) is 28.0 Å². The zero-order valence-electron chi connectivity index (χ0n) is 13.1. The van der Waals surface area contributed by atoms with Crippen LogP contribution in [0, 0.1) is 12.3 Å². The summed E-state index contributed by atoms with van der Waals surface area (Å²) in [5, 5.41) is 3.22. The summed E-state index contributed by atoms with van der Waals surface area (Å²) in [7, 11) is -2.37. The highest BCUT2D eigenvalue weighted by Crippen LogP contribution is 2.37. The van der Waals surface area contributed by atoms with Gasteiger partial charge in [-0.1, -0.05) is 29.7 Å². The molecule has 2 aromatic carbocycles. The predicted molar refractivity (Wildman–Crippen MR) is 96.1 cm³/mol. The summed E-state index contributed by atoms with van der Waals surface area (Å²) in [5.41, 5.74) is 0.878. The van der Waals surface area contributed by atoms with Crippen molar-refractivity contribution in [1.29, 1.82) is 0 Å². The second-order valence-corrected chi connectivity index (χ2v) is 7.00. The molecule has 0 fully saturated rings. The number of ether oxygens (including phenoxy) is 2. The Morgan fingerprint density at radius 3 is 2.80 bits per heavy atom. The molecular formula is C17H13ClN2O4S. The van der Waals surface area contributed by atoms with Crippen LogP contribution in [0.1, 0.15) is 5.56 Å². The zero-order valence-corrected chi connectivity index (χ0v) is 14.7. The van der Waals surface area contributed by atoms with E-state index in [1.807, 2.05) is 0 Å². The fourth-order valence-electron chi connectivity index (χ4n) is 2.35. The smallest absolute Gasteiger partial charge is 0.286 e. The fraction of sp³-hybridized carbons (Fsp3) is 0.118. The van der Waals surface area contributed by atoms with Crippen LogP contribution in [0.15, 0.2) is 45.7 Å². The van der Waals surface area contributed by atoms with E-state index in [-0.39, 0.29) is 28.1 Å². The molecule has 8 heteroatoms. The molecule has 0 unspecified atom stereocenters. The van der Waals surface area contributed by atoms with Crippen molar-refractivity contribution in [3.8, 4) is 23.8 Å². The van der Waals surface area contributed by atoms with Crippen molar-refractivity contribution in [2.45, 2.75) is 4.90 Å². The maximum Gasteiger partial charge on any atom is 0.286 e. The number of nitrogens with zero attached hydrogens (tertiary/aromatic N) is 1. The maximum atomic E-state index is 12.4. The van der Waals surface area contributed by atoms with Gasteiger partial charge < -0.3 is 14.8 Å². The summed E-state index contributed by atoms with van der Waals surface area (Å²) in [6.45, 7) is 0.0242. The Balaban J connectivity index is 2.08. The number of rotatable bonds is 4. The number of anilines is 1. The molecule has 0 atom stereocenters. The van der Waals surface area contributed by atoms with Crippen LogP contribution in [0.4, 0.5) is 5.69 Å². The molecule has 1 N–H and O–H groups in total. The van der Waals surface area contributed by atoms with E-state index in [9.17, 15) is 8.42 Å². The lowest BCUT2D eigenvalue weighted by molar-refractivity contribution is 0.331. The molecule has 6 nitrogen and oxygen atoms in total. The minimum Gasteiger partial charge on any atom is -0.493 e. The van der Waals surface area contributed by atoms with Crippen molar-refractivity contribution < 1.29 is 17.9 Å². The molecule has 1 aliphatic heterocycles. The van der Waals surface area contributed by atoms with Crippen LogP contribution in [0.3, 0.4) is 0 Å². The molecule has 0 aromatic heterocycles.